The molecule has 2 heterocycles. The summed E-state index contributed by atoms with van der Waals surface area (Å²) < 4.78 is 0. The first-order valence-electron chi connectivity index (χ1n) is 8.92. The molecule has 0 aliphatic rings. The SMILES string of the molecule is C(=C\c1n[nH]c2ccc(-c3ccc4ccncc4c3)cc12)/c1ccccc1. The van der Waals surface area contributed by atoms with E-state index in [1.54, 1.807) is 0 Å². The van der Waals surface area contributed by atoms with E-state index in [4.69, 9.17) is 0 Å². The van der Waals surface area contributed by atoms with Crippen LogP contribution in [0.1, 0.15) is 11.3 Å². The summed E-state index contributed by atoms with van der Waals surface area (Å²) >= 11 is 0. The van der Waals surface area contributed by atoms with Gasteiger partial charge in [0.25, 0.3) is 0 Å². The van der Waals surface area contributed by atoms with Crippen molar-refractivity contribution in [1.82, 2.24) is 15.2 Å². The van der Waals surface area contributed by atoms with Crippen LogP contribution < -0.4 is 0 Å². The first-order valence-corrected chi connectivity index (χ1v) is 8.92. The Bertz CT molecular complexity index is 1270. The molecule has 0 unspecified atom stereocenters. The molecule has 0 amide bonds. The lowest BCUT2D eigenvalue weighted by Crippen LogP contribution is -1.81. The zero-order valence-electron chi connectivity index (χ0n) is 14.6. The van der Waals surface area contributed by atoms with E-state index in [0.29, 0.717) is 0 Å². The van der Waals surface area contributed by atoms with Gasteiger partial charge >= 0.3 is 0 Å². The molecule has 2 aromatic heterocycles. The topological polar surface area (TPSA) is 41.6 Å². The average molecular weight is 347 g/mol. The Morgan fingerprint density at radius 2 is 1.59 bits per heavy atom. The molecule has 5 aromatic rings. The molecule has 0 spiro atoms. The fourth-order valence-electron chi connectivity index (χ4n) is 3.34. The van der Waals surface area contributed by atoms with Crippen molar-refractivity contribution in [3.63, 3.8) is 0 Å². The number of pyridine rings is 1. The molecule has 128 valence electrons. The molecule has 27 heavy (non-hydrogen) atoms. The predicted octanol–water partition coefficient (Wildman–Crippen LogP) is 5.95. The highest BCUT2D eigenvalue weighted by atomic mass is 15.1. The number of aromatic amines is 1. The summed E-state index contributed by atoms with van der Waals surface area (Å²) in [6, 6.07) is 25.2. The third-order valence-corrected chi connectivity index (χ3v) is 4.80. The van der Waals surface area contributed by atoms with E-state index < -0.39 is 0 Å². The van der Waals surface area contributed by atoms with Crippen LogP contribution in [0.4, 0.5) is 0 Å². The number of hydrogen-bond donors (Lipinski definition) is 1. The number of benzene rings is 3. The van der Waals surface area contributed by atoms with Crippen molar-refractivity contribution in [2.24, 2.45) is 0 Å². The van der Waals surface area contributed by atoms with Crippen molar-refractivity contribution in [3.05, 3.63) is 96.4 Å². The Morgan fingerprint density at radius 1 is 0.741 bits per heavy atom. The van der Waals surface area contributed by atoms with Crippen LogP contribution >= 0.6 is 0 Å². The van der Waals surface area contributed by atoms with Crippen molar-refractivity contribution in [2.45, 2.75) is 0 Å². The number of fused-ring (bicyclic) bond motifs is 2. The quantitative estimate of drug-likeness (QED) is 0.438. The molecule has 5 rings (SSSR count). The highest BCUT2D eigenvalue weighted by Gasteiger charge is 2.06. The Kier molecular flexibility index (Phi) is 3.76. The van der Waals surface area contributed by atoms with Crippen LogP contribution in [0.15, 0.2) is 85.2 Å². The predicted molar refractivity (Wildman–Crippen MR) is 112 cm³/mol. The zero-order valence-corrected chi connectivity index (χ0v) is 14.6. The second-order valence-electron chi connectivity index (χ2n) is 6.55. The summed E-state index contributed by atoms with van der Waals surface area (Å²) in [5.74, 6) is 0. The summed E-state index contributed by atoms with van der Waals surface area (Å²) in [5.41, 5.74) is 5.49. The normalized spacial score (nSPS) is 11.6. The second kappa shape index (κ2) is 6.54. The number of nitrogens with zero attached hydrogens (tertiary/aromatic N) is 2. The van der Waals surface area contributed by atoms with Crippen molar-refractivity contribution in [2.75, 3.05) is 0 Å². The van der Waals surface area contributed by atoms with Crippen molar-refractivity contribution in [3.8, 4) is 11.1 Å². The van der Waals surface area contributed by atoms with Gasteiger partial charge in [-0.2, -0.15) is 5.10 Å². The number of rotatable bonds is 3. The fraction of sp³-hybridized carbons (Fsp3) is 0. The molecule has 3 aromatic carbocycles. The first-order chi connectivity index (χ1) is 13.4. The van der Waals surface area contributed by atoms with Gasteiger partial charge in [-0.3, -0.25) is 10.1 Å². The number of aromatic nitrogens is 3. The van der Waals surface area contributed by atoms with Gasteiger partial charge in [0.05, 0.1) is 11.2 Å². The lowest BCUT2D eigenvalue weighted by molar-refractivity contribution is 1.11. The van der Waals surface area contributed by atoms with Crippen LogP contribution in [0.2, 0.25) is 0 Å². The van der Waals surface area contributed by atoms with Crippen molar-refractivity contribution >= 4 is 33.8 Å². The Morgan fingerprint density at radius 3 is 2.52 bits per heavy atom. The maximum atomic E-state index is 4.47. The highest BCUT2D eigenvalue weighted by Crippen LogP contribution is 2.28. The maximum Gasteiger partial charge on any atom is 0.0927 e. The molecule has 3 nitrogen and oxygen atoms in total. The van der Waals surface area contributed by atoms with Crippen LogP contribution in [0.3, 0.4) is 0 Å². The van der Waals surface area contributed by atoms with Gasteiger partial charge in [0, 0.05) is 23.2 Å². The largest absolute Gasteiger partial charge is 0.277 e. The van der Waals surface area contributed by atoms with Gasteiger partial charge in [-0.1, -0.05) is 54.6 Å². The van der Waals surface area contributed by atoms with Crippen molar-refractivity contribution < 1.29 is 0 Å². The smallest absolute Gasteiger partial charge is 0.0927 e. The van der Waals surface area contributed by atoms with Crippen molar-refractivity contribution in [1.29, 1.82) is 0 Å². The molecule has 0 saturated heterocycles. The molecule has 0 fully saturated rings. The molecule has 0 aliphatic heterocycles. The minimum absolute atomic E-state index is 0.943. The summed E-state index contributed by atoms with van der Waals surface area (Å²) in [5, 5.41) is 11.1. The second-order valence-corrected chi connectivity index (χ2v) is 6.55. The van der Waals surface area contributed by atoms with Crippen LogP contribution in [0, 0.1) is 0 Å². The third-order valence-electron chi connectivity index (χ3n) is 4.80. The first kappa shape index (κ1) is 15.5. The van der Waals surface area contributed by atoms with Crippen LogP contribution in [0.5, 0.6) is 0 Å². The van der Waals surface area contributed by atoms with E-state index in [-0.39, 0.29) is 0 Å². The van der Waals surface area contributed by atoms with E-state index in [2.05, 4.69) is 75.9 Å². The van der Waals surface area contributed by atoms with Crippen LogP contribution in [0.25, 0.3) is 45.0 Å². The van der Waals surface area contributed by atoms with Gasteiger partial charge in [0.15, 0.2) is 0 Å². The third kappa shape index (κ3) is 3.00. The fourth-order valence-corrected chi connectivity index (χ4v) is 3.34. The van der Waals surface area contributed by atoms with Gasteiger partial charge in [-0.15, -0.1) is 0 Å². The van der Waals surface area contributed by atoms with Gasteiger partial charge in [0.1, 0.15) is 0 Å². The molecule has 0 atom stereocenters. The lowest BCUT2D eigenvalue weighted by Gasteiger charge is -2.04. The monoisotopic (exact) mass is 347 g/mol. The summed E-state index contributed by atoms with van der Waals surface area (Å²) in [6.07, 6.45) is 7.88. The van der Waals surface area contributed by atoms with E-state index in [1.807, 2.05) is 36.7 Å². The summed E-state index contributed by atoms with van der Waals surface area (Å²) in [4.78, 5) is 4.23. The van der Waals surface area contributed by atoms with Gasteiger partial charge in [-0.05, 0) is 52.4 Å². The molecule has 1 N–H and O–H groups in total. The molecule has 0 radical (unpaired) electrons. The molecular formula is C24H17N3. The van der Waals surface area contributed by atoms with Crippen LogP contribution in [-0.4, -0.2) is 15.2 Å². The molecule has 0 bridgehead atoms. The Balaban J connectivity index is 1.57. The van der Waals surface area contributed by atoms with Gasteiger partial charge in [0.2, 0.25) is 0 Å². The van der Waals surface area contributed by atoms with E-state index >= 15 is 0 Å². The van der Waals surface area contributed by atoms with Crippen LogP contribution in [-0.2, 0) is 0 Å². The van der Waals surface area contributed by atoms with E-state index in [9.17, 15) is 0 Å². The molecule has 0 saturated carbocycles. The summed E-state index contributed by atoms with van der Waals surface area (Å²) in [6.45, 7) is 0. The lowest BCUT2D eigenvalue weighted by atomic mass is 10.0. The standard InChI is InChI=1S/C24H17N3/c1-2-4-17(5-3-1)6-10-23-22-15-20(9-11-24(22)27-26-23)19-8-7-18-12-13-25-16-21(18)14-19/h1-16H,(H,26,27)/b10-6+. The van der Waals surface area contributed by atoms with E-state index in [0.717, 1.165) is 27.5 Å². The molecule has 3 heteroatoms. The van der Waals surface area contributed by atoms with E-state index in [1.165, 1.54) is 16.5 Å². The zero-order chi connectivity index (χ0) is 18.1. The average Bonchev–Trinajstić information content (AvgIpc) is 3.15. The molecular weight excluding hydrogens is 330 g/mol. The number of H-pyrrole nitrogens is 1. The Hall–Kier alpha value is -3.72. The van der Waals surface area contributed by atoms with Gasteiger partial charge < -0.3 is 0 Å². The minimum atomic E-state index is 0.943. The highest BCUT2D eigenvalue weighted by molar-refractivity contribution is 5.94. The minimum Gasteiger partial charge on any atom is -0.277 e. The Labute approximate surface area is 157 Å². The number of nitrogens with one attached hydrogen (secondary N) is 1. The summed E-state index contributed by atoms with van der Waals surface area (Å²) in [7, 11) is 0. The van der Waals surface area contributed by atoms with Gasteiger partial charge in [-0.25, -0.2) is 0 Å². The maximum absolute atomic E-state index is 4.47. The molecule has 0 aliphatic carbocycles. The number of hydrogen-bond acceptors (Lipinski definition) is 2.